The van der Waals surface area contributed by atoms with Crippen molar-refractivity contribution in [3.05, 3.63) is 29.3 Å². The first-order valence-corrected chi connectivity index (χ1v) is 5.48. The van der Waals surface area contributed by atoms with E-state index < -0.39 is 35.1 Å². The molecule has 0 heterocycles. The molecular weight excluding hydrogens is 258 g/mol. The van der Waals surface area contributed by atoms with Gasteiger partial charge in [-0.2, -0.15) is 0 Å². The number of anilines is 1. The number of halogens is 2. The van der Waals surface area contributed by atoms with E-state index in [0.717, 1.165) is 13.2 Å². The fourth-order valence-corrected chi connectivity index (χ4v) is 1.40. The molecule has 0 saturated heterocycles. The third-order valence-electron chi connectivity index (χ3n) is 2.24. The molecule has 0 aliphatic rings. The second-order valence-corrected chi connectivity index (χ2v) is 4.03. The molecule has 0 aliphatic carbocycles. The second kappa shape index (κ2) is 6.24. The first-order chi connectivity index (χ1) is 8.85. The van der Waals surface area contributed by atoms with Crippen molar-refractivity contribution >= 4 is 17.6 Å². The van der Waals surface area contributed by atoms with Gasteiger partial charge in [-0.1, -0.05) is 0 Å². The Bertz CT molecular complexity index is 504. The quantitative estimate of drug-likeness (QED) is 0.812. The molecule has 5 nitrogen and oxygen atoms in total. The van der Waals surface area contributed by atoms with E-state index in [9.17, 15) is 18.4 Å². The summed E-state index contributed by atoms with van der Waals surface area (Å²) in [4.78, 5) is 22.7. The molecule has 0 bridgehead atoms. The van der Waals surface area contributed by atoms with Crippen LogP contribution in [0.15, 0.2) is 12.1 Å². The molecule has 0 radical (unpaired) electrons. The average molecular weight is 272 g/mol. The fourth-order valence-electron chi connectivity index (χ4n) is 1.40. The van der Waals surface area contributed by atoms with Crippen molar-refractivity contribution in [2.75, 3.05) is 12.4 Å². The lowest BCUT2D eigenvalue weighted by molar-refractivity contribution is -0.116. The number of methoxy groups -OCH3 is 1. The number of esters is 1. The van der Waals surface area contributed by atoms with Crippen molar-refractivity contribution in [3.8, 4) is 0 Å². The van der Waals surface area contributed by atoms with Gasteiger partial charge in [-0.05, 0) is 13.0 Å². The first-order valence-electron chi connectivity index (χ1n) is 5.48. The van der Waals surface area contributed by atoms with Gasteiger partial charge < -0.3 is 15.8 Å². The van der Waals surface area contributed by atoms with Crippen LogP contribution in [0.25, 0.3) is 0 Å². The van der Waals surface area contributed by atoms with Gasteiger partial charge in [-0.3, -0.25) is 4.79 Å². The predicted molar refractivity (Wildman–Crippen MR) is 64.6 cm³/mol. The van der Waals surface area contributed by atoms with Gasteiger partial charge in [0.05, 0.1) is 18.4 Å². The van der Waals surface area contributed by atoms with Crippen LogP contribution < -0.4 is 11.1 Å². The molecule has 1 aromatic rings. The average Bonchev–Trinajstić information content (AvgIpc) is 2.30. The van der Waals surface area contributed by atoms with Crippen LogP contribution >= 0.6 is 0 Å². The van der Waals surface area contributed by atoms with Crippen molar-refractivity contribution in [2.24, 2.45) is 5.73 Å². The highest BCUT2D eigenvalue weighted by atomic mass is 19.1. The molecule has 0 saturated carbocycles. The second-order valence-electron chi connectivity index (χ2n) is 4.03. The molecule has 1 amide bonds. The minimum Gasteiger partial charge on any atom is -0.465 e. The Morgan fingerprint density at radius 3 is 2.53 bits per heavy atom. The van der Waals surface area contributed by atoms with Crippen LogP contribution in [0.1, 0.15) is 23.7 Å². The molecule has 1 rings (SSSR count). The lowest BCUT2D eigenvalue weighted by atomic mass is 10.1. The molecule has 0 aromatic heterocycles. The number of nitrogens with two attached hydrogens (primary N) is 1. The highest BCUT2D eigenvalue weighted by Crippen LogP contribution is 2.20. The van der Waals surface area contributed by atoms with E-state index in [1.165, 1.54) is 0 Å². The van der Waals surface area contributed by atoms with Gasteiger partial charge in [0, 0.05) is 18.5 Å². The molecule has 7 heteroatoms. The Labute approximate surface area is 108 Å². The van der Waals surface area contributed by atoms with E-state index in [-0.39, 0.29) is 12.1 Å². The molecular formula is C12H14F2N2O3. The van der Waals surface area contributed by atoms with Crippen molar-refractivity contribution in [3.63, 3.8) is 0 Å². The van der Waals surface area contributed by atoms with E-state index in [1.54, 1.807) is 6.92 Å². The van der Waals surface area contributed by atoms with Gasteiger partial charge in [0.15, 0.2) is 0 Å². The van der Waals surface area contributed by atoms with Crippen molar-refractivity contribution < 1.29 is 23.1 Å². The van der Waals surface area contributed by atoms with Gasteiger partial charge in [0.2, 0.25) is 5.91 Å². The SMILES string of the molecule is COC(=O)c1cc(NC(=O)CC(C)N)c(F)cc1F. The van der Waals surface area contributed by atoms with Crippen LogP contribution in [0.5, 0.6) is 0 Å². The minimum atomic E-state index is -1.06. The minimum absolute atomic E-state index is 0.0234. The zero-order valence-corrected chi connectivity index (χ0v) is 10.5. The van der Waals surface area contributed by atoms with Gasteiger partial charge in [0.25, 0.3) is 0 Å². The lowest BCUT2D eigenvalue weighted by Gasteiger charge is -2.10. The van der Waals surface area contributed by atoms with E-state index in [1.807, 2.05) is 0 Å². The van der Waals surface area contributed by atoms with E-state index in [0.29, 0.717) is 6.07 Å². The zero-order chi connectivity index (χ0) is 14.6. The topological polar surface area (TPSA) is 81.4 Å². The molecule has 104 valence electrons. The summed E-state index contributed by atoms with van der Waals surface area (Å²) in [6.45, 7) is 1.61. The maximum absolute atomic E-state index is 13.5. The van der Waals surface area contributed by atoms with Crippen molar-refractivity contribution in [1.82, 2.24) is 0 Å². The highest BCUT2D eigenvalue weighted by molar-refractivity contribution is 5.95. The van der Waals surface area contributed by atoms with E-state index in [2.05, 4.69) is 10.1 Å². The number of carbonyl (C=O) groups is 2. The number of carbonyl (C=O) groups excluding carboxylic acids is 2. The summed E-state index contributed by atoms with van der Waals surface area (Å²) in [7, 11) is 1.07. The number of nitrogens with one attached hydrogen (secondary N) is 1. The maximum Gasteiger partial charge on any atom is 0.340 e. The Kier molecular flexibility index (Phi) is 4.94. The summed E-state index contributed by atoms with van der Waals surface area (Å²) in [6.07, 6.45) is -0.0234. The molecule has 19 heavy (non-hydrogen) atoms. The number of rotatable bonds is 4. The Morgan fingerprint density at radius 1 is 1.37 bits per heavy atom. The summed E-state index contributed by atoms with van der Waals surface area (Å²) < 4.78 is 31.1. The van der Waals surface area contributed by atoms with Gasteiger partial charge in [-0.25, -0.2) is 13.6 Å². The third kappa shape index (κ3) is 3.99. The standard InChI is InChI=1S/C12H14F2N2O3/c1-6(15)3-11(17)16-10-4-7(12(18)19-2)8(13)5-9(10)14/h4-6H,3,15H2,1-2H3,(H,16,17). The number of amides is 1. The van der Waals surface area contributed by atoms with Crippen LogP contribution in [0.2, 0.25) is 0 Å². The summed E-state index contributed by atoms with van der Waals surface area (Å²) in [6, 6.07) is 0.993. The smallest absolute Gasteiger partial charge is 0.340 e. The Hall–Kier alpha value is -2.02. The van der Waals surface area contributed by atoms with Crippen molar-refractivity contribution in [1.29, 1.82) is 0 Å². The molecule has 1 unspecified atom stereocenters. The van der Waals surface area contributed by atoms with Gasteiger partial charge in [-0.15, -0.1) is 0 Å². The largest absolute Gasteiger partial charge is 0.465 e. The number of hydrogen-bond donors (Lipinski definition) is 2. The fraction of sp³-hybridized carbons (Fsp3) is 0.333. The highest BCUT2D eigenvalue weighted by Gasteiger charge is 2.18. The molecule has 0 fully saturated rings. The summed E-state index contributed by atoms with van der Waals surface area (Å²) in [5.41, 5.74) is 4.66. The van der Waals surface area contributed by atoms with Gasteiger partial charge in [0.1, 0.15) is 11.6 Å². The number of ether oxygens (including phenoxy) is 1. The molecule has 0 spiro atoms. The number of hydrogen-bond acceptors (Lipinski definition) is 4. The van der Waals surface area contributed by atoms with Crippen LogP contribution in [0, 0.1) is 11.6 Å². The summed E-state index contributed by atoms with van der Waals surface area (Å²) in [5, 5.41) is 2.22. The molecule has 1 aromatic carbocycles. The lowest BCUT2D eigenvalue weighted by Crippen LogP contribution is -2.24. The van der Waals surface area contributed by atoms with E-state index in [4.69, 9.17) is 5.73 Å². The Morgan fingerprint density at radius 2 is 2.00 bits per heavy atom. The van der Waals surface area contributed by atoms with Crippen molar-refractivity contribution in [2.45, 2.75) is 19.4 Å². The summed E-state index contributed by atoms with van der Waals surface area (Å²) >= 11 is 0. The maximum atomic E-state index is 13.5. The molecule has 3 N–H and O–H groups in total. The predicted octanol–water partition coefficient (Wildman–Crippen LogP) is 1.43. The Balaban J connectivity index is 3.01. The molecule has 0 aliphatic heterocycles. The summed E-state index contributed by atoms with van der Waals surface area (Å²) in [5.74, 6) is -3.53. The zero-order valence-electron chi connectivity index (χ0n) is 10.5. The monoisotopic (exact) mass is 272 g/mol. The van der Waals surface area contributed by atoms with Gasteiger partial charge >= 0.3 is 5.97 Å². The molecule has 1 atom stereocenters. The van der Waals surface area contributed by atoms with Crippen LogP contribution in [0.4, 0.5) is 14.5 Å². The normalized spacial score (nSPS) is 11.8. The third-order valence-corrected chi connectivity index (χ3v) is 2.24. The first kappa shape index (κ1) is 15.0. The van der Waals surface area contributed by atoms with Crippen LogP contribution in [0.3, 0.4) is 0 Å². The van der Waals surface area contributed by atoms with E-state index >= 15 is 0 Å². The number of benzene rings is 1. The van der Waals surface area contributed by atoms with Crippen LogP contribution in [-0.2, 0) is 9.53 Å². The van der Waals surface area contributed by atoms with Crippen LogP contribution in [-0.4, -0.2) is 25.0 Å².